The number of fused-ring (bicyclic) bond motifs is 2. The Hall–Kier alpha value is -2.65. The van der Waals surface area contributed by atoms with Crippen molar-refractivity contribution in [3.8, 4) is 0 Å². The minimum atomic E-state index is -4.75. The van der Waals surface area contributed by atoms with E-state index in [-0.39, 0.29) is 41.8 Å². The van der Waals surface area contributed by atoms with Crippen LogP contribution in [0.4, 0.5) is 13.2 Å². The summed E-state index contributed by atoms with van der Waals surface area (Å²) in [6.45, 7) is 4.42. The van der Waals surface area contributed by atoms with E-state index in [4.69, 9.17) is 0 Å². The molecule has 0 N–H and O–H groups in total. The monoisotopic (exact) mass is 356 g/mol. The van der Waals surface area contributed by atoms with Crippen molar-refractivity contribution in [2.24, 2.45) is 0 Å². The predicted octanol–water partition coefficient (Wildman–Crippen LogP) is 1.47. The van der Waals surface area contributed by atoms with E-state index >= 15 is 0 Å². The molecule has 0 aliphatic carbocycles. The van der Waals surface area contributed by atoms with Crippen molar-refractivity contribution in [1.29, 1.82) is 0 Å². The number of rotatable bonds is 3. The first-order valence-electron chi connectivity index (χ1n) is 7.55. The third kappa shape index (κ3) is 2.61. The zero-order valence-corrected chi connectivity index (χ0v) is 13.7. The lowest BCUT2D eigenvalue weighted by atomic mass is 10.2. The minimum absolute atomic E-state index is 0.0281. The SMILES string of the molecule is CC(=O)Cn1c2c(c(=O)n3nc(C(F)(F)F)cc13)CN(C(C)C)C2=O. The van der Waals surface area contributed by atoms with Crippen molar-refractivity contribution in [1.82, 2.24) is 19.1 Å². The zero-order chi connectivity index (χ0) is 18.7. The van der Waals surface area contributed by atoms with E-state index in [0.29, 0.717) is 10.6 Å². The second kappa shape index (κ2) is 5.43. The van der Waals surface area contributed by atoms with Gasteiger partial charge in [-0.3, -0.25) is 14.4 Å². The lowest BCUT2D eigenvalue weighted by Crippen LogP contribution is -2.32. The van der Waals surface area contributed by atoms with Gasteiger partial charge in [0.05, 0.1) is 18.7 Å². The molecule has 0 radical (unpaired) electrons. The molecule has 3 rings (SSSR count). The number of amides is 1. The molecule has 0 unspecified atom stereocenters. The second-order valence-electron chi connectivity index (χ2n) is 6.24. The van der Waals surface area contributed by atoms with Gasteiger partial charge in [0.2, 0.25) is 0 Å². The van der Waals surface area contributed by atoms with Crippen LogP contribution in [-0.4, -0.2) is 36.8 Å². The highest BCUT2D eigenvalue weighted by Crippen LogP contribution is 2.30. The van der Waals surface area contributed by atoms with Crippen LogP contribution in [0.3, 0.4) is 0 Å². The predicted molar refractivity (Wildman–Crippen MR) is 80.1 cm³/mol. The topological polar surface area (TPSA) is 76.7 Å². The van der Waals surface area contributed by atoms with Gasteiger partial charge < -0.3 is 9.47 Å². The number of aromatic nitrogens is 3. The average Bonchev–Trinajstić information content (AvgIpc) is 3.05. The van der Waals surface area contributed by atoms with Crippen molar-refractivity contribution in [2.45, 2.75) is 46.1 Å². The molecule has 1 amide bonds. The van der Waals surface area contributed by atoms with Crippen LogP contribution in [0.2, 0.25) is 0 Å². The molecule has 0 saturated carbocycles. The van der Waals surface area contributed by atoms with Gasteiger partial charge in [-0.25, -0.2) is 0 Å². The van der Waals surface area contributed by atoms with E-state index in [1.54, 1.807) is 13.8 Å². The fourth-order valence-electron chi connectivity index (χ4n) is 2.92. The van der Waals surface area contributed by atoms with Crippen LogP contribution >= 0.6 is 0 Å². The number of hydrogen-bond donors (Lipinski definition) is 0. The molecule has 0 atom stereocenters. The fraction of sp³-hybridized carbons (Fsp3) is 0.467. The quantitative estimate of drug-likeness (QED) is 0.835. The summed E-state index contributed by atoms with van der Waals surface area (Å²) in [5, 5.41) is 3.34. The van der Waals surface area contributed by atoms with Gasteiger partial charge >= 0.3 is 6.18 Å². The molecule has 3 heterocycles. The Morgan fingerprint density at radius 2 is 1.96 bits per heavy atom. The lowest BCUT2D eigenvalue weighted by molar-refractivity contribution is -0.141. The standard InChI is InChI=1S/C15H15F3N4O3/c1-7(2)20-6-9-12(14(20)25)21(5-8(3)23)11-4-10(15(16,17)18)19-22(11)13(9)24/h4,7H,5-6H2,1-3H3. The summed E-state index contributed by atoms with van der Waals surface area (Å²) in [4.78, 5) is 38.2. The molecule has 1 aliphatic rings. The van der Waals surface area contributed by atoms with Crippen molar-refractivity contribution in [3.05, 3.63) is 33.4 Å². The number of hydrogen-bond acceptors (Lipinski definition) is 4. The molecular formula is C15H15F3N4O3. The summed E-state index contributed by atoms with van der Waals surface area (Å²) in [6, 6.07) is 0.471. The molecule has 0 aromatic carbocycles. The molecule has 0 spiro atoms. The number of carbonyl (C=O) groups excluding carboxylic acids is 2. The maximum atomic E-state index is 13.0. The van der Waals surface area contributed by atoms with Gasteiger partial charge in [0.25, 0.3) is 11.5 Å². The third-order valence-corrected chi connectivity index (χ3v) is 4.06. The highest BCUT2D eigenvalue weighted by Gasteiger charge is 2.39. The zero-order valence-electron chi connectivity index (χ0n) is 13.7. The molecule has 0 bridgehead atoms. The Bertz CT molecular complexity index is 956. The summed E-state index contributed by atoms with van der Waals surface area (Å²) in [5.41, 5.74) is -2.26. The number of nitrogens with zero attached hydrogens (tertiary/aromatic N) is 4. The van der Waals surface area contributed by atoms with Crippen LogP contribution < -0.4 is 5.56 Å². The van der Waals surface area contributed by atoms with Gasteiger partial charge in [-0.2, -0.15) is 22.8 Å². The molecule has 2 aromatic rings. The number of carbonyl (C=O) groups is 2. The number of ketones is 1. The maximum absolute atomic E-state index is 13.0. The molecule has 25 heavy (non-hydrogen) atoms. The molecule has 0 saturated heterocycles. The maximum Gasteiger partial charge on any atom is 0.435 e. The van der Waals surface area contributed by atoms with Gasteiger partial charge in [-0.1, -0.05) is 0 Å². The van der Waals surface area contributed by atoms with Crippen LogP contribution in [0, 0.1) is 0 Å². The minimum Gasteiger partial charge on any atom is -0.330 e. The summed E-state index contributed by atoms with van der Waals surface area (Å²) in [7, 11) is 0. The molecule has 0 fully saturated rings. The van der Waals surface area contributed by atoms with E-state index in [0.717, 1.165) is 4.57 Å². The van der Waals surface area contributed by atoms with Gasteiger partial charge in [-0.15, -0.1) is 0 Å². The third-order valence-electron chi connectivity index (χ3n) is 4.06. The van der Waals surface area contributed by atoms with Gasteiger partial charge in [0, 0.05) is 12.1 Å². The first-order chi connectivity index (χ1) is 11.5. The van der Waals surface area contributed by atoms with Gasteiger partial charge in [0.1, 0.15) is 17.1 Å². The summed E-state index contributed by atoms with van der Waals surface area (Å²) < 4.78 is 40.7. The van der Waals surface area contributed by atoms with E-state index in [2.05, 4.69) is 5.10 Å². The number of alkyl halides is 3. The average molecular weight is 356 g/mol. The molecular weight excluding hydrogens is 341 g/mol. The highest BCUT2D eigenvalue weighted by molar-refractivity contribution is 5.98. The molecule has 1 aliphatic heterocycles. The Morgan fingerprint density at radius 3 is 2.48 bits per heavy atom. The van der Waals surface area contributed by atoms with E-state index in [1.165, 1.54) is 11.8 Å². The highest BCUT2D eigenvalue weighted by atomic mass is 19.4. The molecule has 7 nitrogen and oxygen atoms in total. The fourth-order valence-corrected chi connectivity index (χ4v) is 2.92. The first kappa shape index (κ1) is 17.2. The van der Waals surface area contributed by atoms with E-state index in [1.807, 2.05) is 0 Å². The Labute approximate surface area is 139 Å². The van der Waals surface area contributed by atoms with E-state index in [9.17, 15) is 27.6 Å². The van der Waals surface area contributed by atoms with Gasteiger partial charge in [-0.05, 0) is 20.8 Å². The summed E-state index contributed by atoms with van der Waals surface area (Å²) in [6.07, 6.45) is -4.75. The van der Waals surface area contributed by atoms with E-state index < -0.39 is 23.3 Å². The molecule has 2 aromatic heterocycles. The summed E-state index contributed by atoms with van der Waals surface area (Å²) in [5.74, 6) is -0.848. The van der Waals surface area contributed by atoms with Crippen molar-refractivity contribution < 1.29 is 22.8 Å². The Balaban J connectivity index is 2.36. The lowest BCUT2D eigenvalue weighted by Gasteiger charge is -2.20. The Morgan fingerprint density at radius 1 is 1.32 bits per heavy atom. The first-order valence-corrected chi connectivity index (χ1v) is 7.55. The molecule has 10 heteroatoms. The largest absolute Gasteiger partial charge is 0.435 e. The second-order valence-corrected chi connectivity index (χ2v) is 6.24. The van der Waals surface area contributed by atoms with Crippen LogP contribution in [0.5, 0.6) is 0 Å². The van der Waals surface area contributed by atoms with Gasteiger partial charge in [0.15, 0.2) is 5.69 Å². The van der Waals surface area contributed by atoms with Crippen molar-refractivity contribution in [2.75, 3.05) is 0 Å². The molecule has 134 valence electrons. The Kier molecular flexibility index (Phi) is 3.73. The van der Waals surface area contributed by atoms with Crippen LogP contribution in [0.15, 0.2) is 10.9 Å². The summed E-state index contributed by atoms with van der Waals surface area (Å²) >= 11 is 0. The normalized spacial score (nSPS) is 14.7. The van der Waals surface area contributed by atoms with Crippen LogP contribution in [0.1, 0.15) is 42.5 Å². The number of halogens is 3. The van der Waals surface area contributed by atoms with Crippen molar-refractivity contribution in [3.63, 3.8) is 0 Å². The number of Topliss-reactive ketones (excluding diaryl/α,β-unsaturated/α-hetero) is 1. The van der Waals surface area contributed by atoms with Crippen LogP contribution in [0.25, 0.3) is 5.65 Å². The smallest absolute Gasteiger partial charge is 0.330 e. The van der Waals surface area contributed by atoms with Crippen LogP contribution in [-0.2, 0) is 24.1 Å². The van der Waals surface area contributed by atoms with Crippen molar-refractivity contribution >= 4 is 17.3 Å².